The highest BCUT2D eigenvalue weighted by Gasteiger charge is 1.97. The fourth-order valence-corrected chi connectivity index (χ4v) is 0.913. The molecule has 0 aromatic heterocycles. The lowest BCUT2D eigenvalue weighted by atomic mass is 10.2. The molecular weight excluding hydrogens is 164 g/mol. The fraction of sp³-hybridized carbons (Fsp3) is 0.125. The Morgan fingerprint density at radius 1 is 1.45 bits per heavy atom. The summed E-state index contributed by atoms with van der Waals surface area (Å²) in [6.07, 6.45) is 0. The van der Waals surface area contributed by atoms with E-state index in [1.54, 1.807) is 12.1 Å². The molecule has 1 rings (SSSR count). The summed E-state index contributed by atoms with van der Waals surface area (Å²) in [6.45, 7) is 1.52. The Morgan fingerprint density at radius 3 is 2.82 bits per heavy atom. The molecule has 0 aliphatic carbocycles. The Labute approximate surface area is 69.7 Å². The lowest BCUT2D eigenvalue weighted by molar-refractivity contribution is 0.267. The molecule has 0 saturated heterocycles. The van der Waals surface area contributed by atoms with E-state index in [1.807, 2.05) is 12.1 Å². The number of ether oxygens (including phenoxy) is 1. The summed E-state index contributed by atoms with van der Waals surface area (Å²) in [6, 6.07) is 7.18. The Morgan fingerprint density at radius 2 is 2.18 bits per heavy atom. The van der Waals surface area contributed by atoms with Crippen LogP contribution in [-0.2, 0) is 16.1 Å². The van der Waals surface area contributed by atoms with Crippen LogP contribution in [0.3, 0.4) is 0 Å². The third-order valence-corrected chi connectivity index (χ3v) is 1.61. The zero-order chi connectivity index (χ0) is 8.10. The summed E-state index contributed by atoms with van der Waals surface area (Å²) in [5.74, 6) is 0. The van der Waals surface area contributed by atoms with Crippen LogP contribution in [0.2, 0.25) is 5.02 Å². The van der Waals surface area contributed by atoms with Crippen molar-refractivity contribution in [3.63, 3.8) is 0 Å². The van der Waals surface area contributed by atoms with E-state index in [-0.39, 0.29) is 6.61 Å². The summed E-state index contributed by atoms with van der Waals surface area (Å²) < 4.78 is 4.41. The second-order valence-corrected chi connectivity index (χ2v) is 2.37. The van der Waals surface area contributed by atoms with Crippen LogP contribution in [0.25, 0.3) is 0 Å². The predicted molar refractivity (Wildman–Crippen MR) is 41.9 cm³/mol. The quantitative estimate of drug-likeness (QED) is 0.691. The van der Waals surface area contributed by atoms with Gasteiger partial charge in [0.1, 0.15) is 6.61 Å². The molecule has 2 nitrogen and oxygen atoms in total. The monoisotopic (exact) mass is 169 g/mol. The van der Waals surface area contributed by atoms with Gasteiger partial charge in [-0.25, -0.2) is 4.79 Å². The van der Waals surface area contributed by atoms with E-state index in [4.69, 9.17) is 11.6 Å². The van der Waals surface area contributed by atoms with Crippen LogP contribution < -0.4 is 0 Å². The molecule has 0 N–H and O–H groups in total. The smallest absolute Gasteiger partial charge is 0.417 e. The number of rotatable bonds is 3. The van der Waals surface area contributed by atoms with E-state index < -0.39 is 0 Å². The van der Waals surface area contributed by atoms with Gasteiger partial charge < -0.3 is 4.74 Å². The van der Waals surface area contributed by atoms with Gasteiger partial charge in [0.15, 0.2) is 0 Å². The average molecular weight is 170 g/mol. The van der Waals surface area contributed by atoms with Crippen molar-refractivity contribution in [3.8, 4) is 0 Å². The Kier molecular flexibility index (Phi) is 2.93. The van der Waals surface area contributed by atoms with Crippen LogP contribution in [0.4, 0.5) is 0 Å². The molecule has 0 fully saturated rings. The third-order valence-electron chi connectivity index (χ3n) is 1.24. The number of halogens is 1. The summed E-state index contributed by atoms with van der Waals surface area (Å²) in [5, 5.41) is 0.600. The number of hydrogen-bond acceptors (Lipinski definition) is 2. The van der Waals surface area contributed by atoms with Gasteiger partial charge in [-0.2, -0.15) is 0 Å². The number of hydrogen-bond donors (Lipinski definition) is 0. The zero-order valence-electron chi connectivity index (χ0n) is 5.71. The second kappa shape index (κ2) is 3.98. The van der Waals surface area contributed by atoms with Crippen LogP contribution in [-0.4, -0.2) is 6.47 Å². The van der Waals surface area contributed by atoms with Gasteiger partial charge in [-0.1, -0.05) is 29.8 Å². The van der Waals surface area contributed by atoms with Gasteiger partial charge in [-0.3, -0.25) is 0 Å². The highest BCUT2D eigenvalue weighted by atomic mass is 35.5. The molecule has 1 aromatic rings. The van der Waals surface area contributed by atoms with Crippen LogP contribution in [0.5, 0.6) is 0 Å². The largest absolute Gasteiger partial charge is 0.452 e. The van der Waals surface area contributed by atoms with E-state index in [9.17, 15) is 4.79 Å². The first-order valence-electron chi connectivity index (χ1n) is 3.07. The van der Waals surface area contributed by atoms with Crippen molar-refractivity contribution in [1.82, 2.24) is 0 Å². The van der Waals surface area contributed by atoms with E-state index in [0.29, 0.717) is 5.02 Å². The molecule has 11 heavy (non-hydrogen) atoms. The van der Waals surface area contributed by atoms with Crippen molar-refractivity contribution in [1.29, 1.82) is 0 Å². The molecule has 3 heteroatoms. The van der Waals surface area contributed by atoms with Gasteiger partial charge in [0.05, 0.1) is 0 Å². The summed E-state index contributed by atoms with van der Waals surface area (Å²) in [7, 11) is 0. The van der Waals surface area contributed by atoms with Gasteiger partial charge in [-0.15, -0.1) is 0 Å². The average Bonchev–Trinajstić information content (AvgIpc) is 2.03. The summed E-state index contributed by atoms with van der Waals surface area (Å²) >= 11 is 5.75. The summed E-state index contributed by atoms with van der Waals surface area (Å²) in [4.78, 5) is 9.70. The molecule has 0 bridgehead atoms. The highest BCUT2D eigenvalue weighted by molar-refractivity contribution is 6.31. The molecular formula is C8H6ClO2. The first-order chi connectivity index (χ1) is 5.34. The van der Waals surface area contributed by atoms with Gasteiger partial charge >= 0.3 is 6.47 Å². The molecule has 0 atom stereocenters. The molecule has 0 aliphatic rings. The predicted octanol–water partition coefficient (Wildman–Crippen LogP) is 1.92. The van der Waals surface area contributed by atoms with Gasteiger partial charge in [0.25, 0.3) is 0 Å². The maximum absolute atomic E-state index is 9.70. The van der Waals surface area contributed by atoms with Crippen LogP contribution >= 0.6 is 11.6 Å². The molecule has 0 saturated carbocycles. The van der Waals surface area contributed by atoms with Crippen molar-refractivity contribution in [2.75, 3.05) is 0 Å². The minimum atomic E-state index is 0.184. The molecule has 57 valence electrons. The number of carbonyl (C=O) groups excluding carboxylic acids is 1. The Hall–Kier alpha value is -1.02. The third kappa shape index (κ3) is 2.24. The molecule has 0 spiro atoms. The molecule has 0 unspecified atom stereocenters. The molecule has 1 aromatic carbocycles. The molecule has 0 amide bonds. The van der Waals surface area contributed by atoms with Crippen molar-refractivity contribution < 1.29 is 9.53 Å². The minimum absolute atomic E-state index is 0.184. The van der Waals surface area contributed by atoms with Crippen LogP contribution in [0.1, 0.15) is 5.56 Å². The van der Waals surface area contributed by atoms with E-state index >= 15 is 0 Å². The minimum Gasteiger partial charge on any atom is -0.452 e. The van der Waals surface area contributed by atoms with Crippen molar-refractivity contribution in [2.45, 2.75) is 6.61 Å². The first kappa shape index (κ1) is 8.08. The van der Waals surface area contributed by atoms with Crippen molar-refractivity contribution in [3.05, 3.63) is 34.9 Å². The maximum Gasteiger partial charge on any atom is 0.417 e. The standard InChI is InChI=1S/C8H6ClO2/c9-8-4-2-1-3-7(8)5-11-6-10/h1-4H,5H2. The normalized spacial score (nSPS) is 9.18. The molecule has 0 heterocycles. The van der Waals surface area contributed by atoms with Crippen LogP contribution in [0, 0.1) is 0 Å². The lowest BCUT2D eigenvalue weighted by Crippen LogP contribution is -1.89. The first-order valence-corrected chi connectivity index (χ1v) is 3.44. The molecule has 1 radical (unpaired) electrons. The number of benzene rings is 1. The maximum atomic E-state index is 9.70. The van der Waals surface area contributed by atoms with E-state index in [0.717, 1.165) is 5.56 Å². The zero-order valence-corrected chi connectivity index (χ0v) is 6.47. The van der Waals surface area contributed by atoms with Gasteiger partial charge in [-0.05, 0) is 6.07 Å². The second-order valence-electron chi connectivity index (χ2n) is 1.96. The summed E-state index contributed by atoms with van der Waals surface area (Å²) in [5.41, 5.74) is 0.789. The Balaban J connectivity index is 2.69. The van der Waals surface area contributed by atoms with E-state index in [1.165, 1.54) is 6.47 Å². The molecule has 0 aliphatic heterocycles. The van der Waals surface area contributed by atoms with Crippen LogP contribution in [0.15, 0.2) is 24.3 Å². The fourth-order valence-electron chi connectivity index (χ4n) is 0.723. The SMILES string of the molecule is O=[C]OCc1ccccc1Cl. The lowest BCUT2D eigenvalue weighted by Gasteiger charge is -1.99. The van der Waals surface area contributed by atoms with E-state index in [2.05, 4.69) is 4.74 Å². The highest BCUT2D eigenvalue weighted by Crippen LogP contribution is 2.14. The van der Waals surface area contributed by atoms with Crippen molar-refractivity contribution >= 4 is 18.1 Å². The van der Waals surface area contributed by atoms with Gasteiger partial charge in [0, 0.05) is 10.6 Å². The van der Waals surface area contributed by atoms with Crippen molar-refractivity contribution in [2.24, 2.45) is 0 Å². The topological polar surface area (TPSA) is 26.3 Å². The van der Waals surface area contributed by atoms with Gasteiger partial charge in [0.2, 0.25) is 0 Å². The Bertz CT molecular complexity index is 248.